The smallest absolute Gasteiger partial charge is 0.337 e. The summed E-state index contributed by atoms with van der Waals surface area (Å²) in [6.07, 6.45) is 1.38. The molecule has 0 radical (unpaired) electrons. The van der Waals surface area contributed by atoms with Gasteiger partial charge in [-0.3, -0.25) is 9.59 Å². The maximum absolute atomic E-state index is 14.5. The first kappa shape index (κ1) is 27.4. The second-order valence-corrected chi connectivity index (χ2v) is 10.8. The van der Waals surface area contributed by atoms with Crippen LogP contribution >= 0.6 is 0 Å². The van der Waals surface area contributed by atoms with Crippen molar-refractivity contribution in [3.63, 3.8) is 0 Å². The molecule has 1 aliphatic heterocycles. The van der Waals surface area contributed by atoms with Crippen LogP contribution in [-0.2, 0) is 29.0 Å². The molecule has 0 bridgehead atoms. The highest BCUT2D eigenvalue weighted by Crippen LogP contribution is 2.47. The lowest BCUT2D eigenvalue weighted by Gasteiger charge is -2.32. The van der Waals surface area contributed by atoms with E-state index in [-0.39, 0.29) is 35.8 Å². The van der Waals surface area contributed by atoms with Crippen LogP contribution in [0.15, 0.2) is 91.0 Å². The Bertz CT molecular complexity index is 1670. The second-order valence-electron chi connectivity index (χ2n) is 10.8. The van der Waals surface area contributed by atoms with Gasteiger partial charge in [0.05, 0.1) is 18.2 Å². The summed E-state index contributed by atoms with van der Waals surface area (Å²) in [7, 11) is 1.35. The van der Waals surface area contributed by atoms with Gasteiger partial charge >= 0.3 is 5.97 Å². The molecule has 1 aliphatic carbocycles. The number of rotatable bonds is 7. The summed E-state index contributed by atoms with van der Waals surface area (Å²) in [6, 6.07) is 27.3. The van der Waals surface area contributed by atoms with Crippen molar-refractivity contribution < 1.29 is 23.5 Å². The molecule has 2 amide bonds. The third kappa shape index (κ3) is 5.42. The molecule has 6 rings (SSSR count). The molecule has 4 aromatic carbocycles. The fraction of sp³-hybridized carbons (Fsp3) is 0.229. The van der Waals surface area contributed by atoms with Crippen molar-refractivity contribution in [1.29, 1.82) is 0 Å². The number of hydrogen-bond acceptors (Lipinski definition) is 4. The van der Waals surface area contributed by atoms with Crippen LogP contribution in [0.5, 0.6) is 0 Å². The minimum atomic E-state index is -0.549. The number of halogens is 1. The molecule has 0 saturated heterocycles. The van der Waals surface area contributed by atoms with Gasteiger partial charge in [0.2, 0.25) is 5.91 Å². The van der Waals surface area contributed by atoms with E-state index in [0.29, 0.717) is 25.1 Å². The van der Waals surface area contributed by atoms with Crippen LogP contribution in [-0.4, -0.2) is 36.3 Å². The maximum Gasteiger partial charge on any atom is 0.337 e. The highest BCUT2D eigenvalue weighted by atomic mass is 19.1. The molecule has 2 aliphatic rings. The topological polar surface area (TPSA) is 75.7 Å². The Kier molecular flexibility index (Phi) is 7.57. The largest absolute Gasteiger partial charge is 0.465 e. The highest BCUT2D eigenvalue weighted by molar-refractivity contribution is 5.95. The molecule has 212 valence electrons. The number of carbonyl (C=O) groups excluding carboxylic acids is 3. The van der Waals surface area contributed by atoms with Gasteiger partial charge in [-0.1, -0.05) is 66.7 Å². The lowest BCUT2D eigenvalue weighted by molar-refractivity contribution is -0.122. The zero-order valence-electron chi connectivity index (χ0n) is 23.3. The number of benzene rings is 4. The van der Waals surface area contributed by atoms with E-state index in [2.05, 4.69) is 17.4 Å². The van der Waals surface area contributed by atoms with Crippen LogP contribution in [0.1, 0.15) is 55.3 Å². The first-order valence-electron chi connectivity index (χ1n) is 14.1. The van der Waals surface area contributed by atoms with Crippen LogP contribution in [0, 0.1) is 11.7 Å². The van der Waals surface area contributed by atoms with Crippen molar-refractivity contribution in [3.05, 3.63) is 130 Å². The Morgan fingerprint density at radius 1 is 0.929 bits per heavy atom. The van der Waals surface area contributed by atoms with E-state index in [9.17, 15) is 18.8 Å². The first-order valence-corrected chi connectivity index (χ1v) is 14.1. The third-order valence-electron chi connectivity index (χ3n) is 8.30. The van der Waals surface area contributed by atoms with Gasteiger partial charge in [-0.15, -0.1) is 0 Å². The predicted molar refractivity (Wildman–Crippen MR) is 157 cm³/mol. The van der Waals surface area contributed by atoms with Gasteiger partial charge in [0.1, 0.15) is 5.82 Å². The molecule has 1 saturated carbocycles. The predicted octanol–water partition coefficient (Wildman–Crippen LogP) is 5.90. The summed E-state index contributed by atoms with van der Waals surface area (Å²) in [5.41, 5.74) is 6.38. The molecule has 0 aromatic heterocycles. The number of nitrogens with zero attached hydrogens (tertiary/aromatic N) is 1. The van der Waals surface area contributed by atoms with Crippen molar-refractivity contribution in [2.24, 2.45) is 5.92 Å². The number of ether oxygens (including phenoxy) is 1. The fourth-order valence-electron chi connectivity index (χ4n) is 5.95. The molecule has 0 unspecified atom stereocenters. The van der Waals surface area contributed by atoms with Gasteiger partial charge in [0.25, 0.3) is 5.91 Å². The maximum atomic E-state index is 14.5. The van der Waals surface area contributed by atoms with E-state index in [1.165, 1.54) is 24.8 Å². The zero-order chi connectivity index (χ0) is 29.2. The number of fused-ring (bicyclic) bond motifs is 1. The van der Waals surface area contributed by atoms with Gasteiger partial charge in [0.15, 0.2) is 0 Å². The number of hydrogen-bond donors (Lipinski definition) is 1. The van der Waals surface area contributed by atoms with Gasteiger partial charge in [0, 0.05) is 25.6 Å². The molecule has 2 atom stereocenters. The number of methoxy groups -OCH3 is 1. The van der Waals surface area contributed by atoms with Gasteiger partial charge in [-0.05, 0) is 76.4 Å². The van der Waals surface area contributed by atoms with Crippen molar-refractivity contribution in [2.75, 3.05) is 13.7 Å². The van der Waals surface area contributed by atoms with E-state index >= 15 is 0 Å². The van der Waals surface area contributed by atoms with Gasteiger partial charge in [-0.25, -0.2) is 9.18 Å². The van der Waals surface area contributed by atoms with Crippen LogP contribution in [0.3, 0.4) is 0 Å². The first-order chi connectivity index (χ1) is 20.4. The van der Waals surface area contributed by atoms with Crippen LogP contribution in [0.4, 0.5) is 4.39 Å². The van der Waals surface area contributed by atoms with E-state index in [1.807, 2.05) is 42.5 Å². The van der Waals surface area contributed by atoms with Crippen LogP contribution in [0.2, 0.25) is 0 Å². The van der Waals surface area contributed by atoms with Crippen molar-refractivity contribution in [1.82, 2.24) is 10.2 Å². The summed E-state index contributed by atoms with van der Waals surface area (Å²) in [6.45, 7) is 1.03. The highest BCUT2D eigenvalue weighted by Gasteiger charge is 2.43. The molecule has 4 aromatic rings. The Labute approximate surface area is 244 Å². The molecule has 1 N–H and O–H groups in total. The Morgan fingerprint density at radius 3 is 2.50 bits per heavy atom. The minimum absolute atomic E-state index is 0.0163. The van der Waals surface area contributed by atoms with E-state index in [4.69, 9.17) is 4.74 Å². The average molecular weight is 563 g/mol. The van der Waals surface area contributed by atoms with Crippen molar-refractivity contribution in [3.8, 4) is 11.1 Å². The van der Waals surface area contributed by atoms with E-state index in [1.54, 1.807) is 29.2 Å². The molecule has 42 heavy (non-hydrogen) atoms. The number of esters is 1. The molecule has 7 heteroatoms. The Balaban J connectivity index is 1.29. The standard InChI is InChI=1S/C35H31FN2O4/c1-42-35(41)24-11-7-10-23(18-24)26-15-14-25(20-37-33(39)30-19-29(30)22-8-3-2-4-9-22)31-21-38(17-16-27(26)31)34(40)28-12-5-6-13-32(28)36/h2-15,18,29-30H,16-17,19-21H2,1H3,(H,37,39)/t29-,30+/m0/s1. The fourth-order valence-corrected chi connectivity index (χ4v) is 5.95. The van der Waals surface area contributed by atoms with Gasteiger partial charge < -0.3 is 15.0 Å². The molecular weight excluding hydrogens is 531 g/mol. The normalized spacial score (nSPS) is 17.2. The molecule has 1 heterocycles. The number of nitrogens with one attached hydrogen (secondary N) is 1. The SMILES string of the molecule is COC(=O)c1cccc(-c2ccc(CNC(=O)[C@@H]3C[C@H]3c3ccccc3)c3c2CCN(C(=O)c2ccccc2F)C3)c1. The monoisotopic (exact) mass is 562 g/mol. The average Bonchev–Trinajstić information content (AvgIpc) is 3.84. The summed E-state index contributed by atoms with van der Waals surface area (Å²) in [4.78, 5) is 40.3. The molecular formula is C35H31FN2O4. The quantitative estimate of drug-likeness (QED) is 0.285. The van der Waals surface area contributed by atoms with Crippen LogP contribution in [0.25, 0.3) is 11.1 Å². The second kappa shape index (κ2) is 11.6. The molecule has 6 nitrogen and oxygen atoms in total. The van der Waals surface area contributed by atoms with Crippen molar-refractivity contribution in [2.45, 2.75) is 31.8 Å². The minimum Gasteiger partial charge on any atom is -0.465 e. The summed E-state index contributed by atoms with van der Waals surface area (Å²) in [5, 5.41) is 3.12. The van der Waals surface area contributed by atoms with Crippen molar-refractivity contribution >= 4 is 17.8 Å². The Morgan fingerprint density at radius 2 is 1.71 bits per heavy atom. The summed E-state index contributed by atoms with van der Waals surface area (Å²) >= 11 is 0. The lowest BCUT2D eigenvalue weighted by atomic mass is 9.87. The van der Waals surface area contributed by atoms with E-state index < -0.39 is 11.8 Å². The zero-order valence-corrected chi connectivity index (χ0v) is 23.3. The summed E-state index contributed by atoms with van der Waals surface area (Å²) < 4.78 is 19.4. The Hall–Kier alpha value is -4.78. The number of carbonyl (C=O) groups is 3. The van der Waals surface area contributed by atoms with Crippen LogP contribution < -0.4 is 5.32 Å². The molecule has 0 spiro atoms. The third-order valence-corrected chi connectivity index (χ3v) is 8.30. The number of amides is 2. The van der Waals surface area contributed by atoms with E-state index in [0.717, 1.165) is 34.2 Å². The lowest BCUT2D eigenvalue weighted by Crippen LogP contribution is -2.37. The van der Waals surface area contributed by atoms with Gasteiger partial charge in [-0.2, -0.15) is 0 Å². The molecule has 1 fully saturated rings. The summed E-state index contributed by atoms with van der Waals surface area (Å²) in [5.74, 6) is -1.13.